The molecule has 0 aliphatic carbocycles. The first-order valence-electron chi connectivity index (χ1n) is 8.48. The number of alkyl carbamates (subject to hydrolysis) is 1. The second-order valence-electron chi connectivity index (χ2n) is 7.23. The molecule has 0 radical (unpaired) electrons. The number of anilines is 1. The highest BCUT2D eigenvalue weighted by Crippen LogP contribution is 2.40. The van der Waals surface area contributed by atoms with Crippen LogP contribution in [0.2, 0.25) is 10.0 Å². The van der Waals surface area contributed by atoms with Crippen molar-refractivity contribution in [3.8, 4) is 0 Å². The summed E-state index contributed by atoms with van der Waals surface area (Å²) in [5, 5.41) is 12.6. The standard InChI is InChI=1S/C18H22Cl2N2O5/c1-5-11(21-17(26)27-18(2,3)4)15(23)22-12-7-6-10(19)14(20)9(12)8-13(22)16(24)25/h6-7,11,13H,5,8H2,1-4H3,(H,21,26)(H,24,25)/t11-,13-/m0/s1. The molecular formula is C18H22Cl2N2O5. The number of hydrogen-bond acceptors (Lipinski definition) is 4. The molecule has 1 aliphatic heterocycles. The fourth-order valence-corrected chi connectivity index (χ4v) is 3.30. The van der Waals surface area contributed by atoms with E-state index in [0.29, 0.717) is 11.3 Å². The minimum Gasteiger partial charge on any atom is -0.480 e. The monoisotopic (exact) mass is 416 g/mol. The fraction of sp³-hybridized carbons (Fsp3) is 0.500. The van der Waals surface area contributed by atoms with Crippen LogP contribution in [0.4, 0.5) is 10.5 Å². The third kappa shape index (κ3) is 4.65. The van der Waals surface area contributed by atoms with E-state index in [1.807, 2.05) is 0 Å². The molecule has 0 aromatic heterocycles. The summed E-state index contributed by atoms with van der Waals surface area (Å²) in [6.07, 6.45) is -0.445. The number of halogens is 2. The van der Waals surface area contributed by atoms with E-state index in [2.05, 4.69) is 5.32 Å². The summed E-state index contributed by atoms with van der Waals surface area (Å²) in [5.74, 6) is -1.72. The van der Waals surface area contributed by atoms with Crippen molar-refractivity contribution in [3.05, 3.63) is 27.7 Å². The zero-order valence-electron chi connectivity index (χ0n) is 15.5. The average molecular weight is 417 g/mol. The number of carbonyl (C=O) groups excluding carboxylic acids is 2. The van der Waals surface area contributed by atoms with Gasteiger partial charge in [-0.25, -0.2) is 9.59 Å². The molecule has 2 N–H and O–H groups in total. The highest BCUT2D eigenvalue weighted by atomic mass is 35.5. The molecule has 0 saturated carbocycles. The van der Waals surface area contributed by atoms with Crippen LogP contribution in [-0.2, 0) is 20.7 Å². The molecule has 2 amide bonds. The van der Waals surface area contributed by atoms with Crippen molar-refractivity contribution in [1.29, 1.82) is 0 Å². The van der Waals surface area contributed by atoms with E-state index in [0.717, 1.165) is 4.90 Å². The topological polar surface area (TPSA) is 95.9 Å². The molecule has 0 fully saturated rings. The molecule has 0 unspecified atom stereocenters. The molecule has 2 rings (SSSR count). The quantitative estimate of drug-likeness (QED) is 0.780. The van der Waals surface area contributed by atoms with Crippen molar-refractivity contribution in [2.75, 3.05) is 4.90 Å². The van der Waals surface area contributed by atoms with Gasteiger partial charge in [-0.3, -0.25) is 9.69 Å². The number of benzene rings is 1. The van der Waals surface area contributed by atoms with E-state index in [1.165, 1.54) is 6.07 Å². The van der Waals surface area contributed by atoms with Gasteiger partial charge in [-0.1, -0.05) is 30.1 Å². The van der Waals surface area contributed by atoms with Crippen LogP contribution < -0.4 is 10.2 Å². The number of nitrogens with one attached hydrogen (secondary N) is 1. The molecule has 9 heteroatoms. The highest BCUT2D eigenvalue weighted by Gasteiger charge is 2.42. The number of carboxylic acids is 1. The Balaban J connectivity index is 2.33. The van der Waals surface area contributed by atoms with Crippen molar-refractivity contribution in [2.45, 2.75) is 58.2 Å². The van der Waals surface area contributed by atoms with Gasteiger partial charge in [0, 0.05) is 12.1 Å². The molecule has 2 atom stereocenters. The van der Waals surface area contributed by atoms with Gasteiger partial charge in [-0.15, -0.1) is 0 Å². The van der Waals surface area contributed by atoms with Crippen LogP contribution in [0.3, 0.4) is 0 Å². The van der Waals surface area contributed by atoms with Gasteiger partial charge in [0.2, 0.25) is 0 Å². The van der Waals surface area contributed by atoms with E-state index in [9.17, 15) is 19.5 Å². The fourth-order valence-electron chi connectivity index (χ4n) is 2.88. The van der Waals surface area contributed by atoms with Crippen molar-refractivity contribution in [1.82, 2.24) is 5.32 Å². The number of nitrogens with zero attached hydrogens (tertiary/aromatic N) is 1. The number of carbonyl (C=O) groups is 3. The van der Waals surface area contributed by atoms with Crippen LogP contribution in [0.1, 0.15) is 39.7 Å². The van der Waals surface area contributed by atoms with Crippen molar-refractivity contribution < 1.29 is 24.2 Å². The summed E-state index contributed by atoms with van der Waals surface area (Å²) >= 11 is 12.2. The van der Waals surface area contributed by atoms with Gasteiger partial charge in [-0.05, 0) is 44.9 Å². The van der Waals surface area contributed by atoms with Crippen LogP contribution in [-0.4, -0.2) is 40.8 Å². The van der Waals surface area contributed by atoms with Crippen molar-refractivity contribution >= 4 is 46.9 Å². The Morgan fingerprint density at radius 3 is 2.48 bits per heavy atom. The van der Waals surface area contributed by atoms with Gasteiger partial charge >= 0.3 is 12.1 Å². The first-order valence-corrected chi connectivity index (χ1v) is 9.24. The second-order valence-corrected chi connectivity index (χ2v) is 8.02. The van der Waals surface area contributed by atoms with E-state index in [-0.39, 0.29) is 22.9 Å². The van der Waals surface area contributed by atoms with Crippen LogP contribution >= 0.6 is 23.2 Å². The number of ether oxygens (including phenoxy) is 1. The minimum atomic E-state index is -1.17. The summed E-state index contributed by atoms with van der Waals surface area (Å²) in [6.45, 7) is 6.83. The first kappa shape index (κ1) is 21.3. The molecule has 1 aliphatic rings. The van der Waals surface area contributed by atoms with Gasteiger partial charge in [0.1, 0.15) is 17.7 Å². The van der Waals surface area contributed by atoms with Crippen LogP contribution in [0.25, 0.3) is 0 Å². The summed E-state index contributed by atoms with van der Waals surface area (Å²) in [5.41, 5.74) is 0.155. The van der Waals surface area contributed by atoms with Crippen LogP contribution in [0, 0.1) is 0 Å². The van der Waals surface area contributed by atoms with Gasteiger partial charge in [0.25, 0.3) is 5.91 Å². The second kappa shape index (κ2) is 7.94. The first-order chi connectivity index (χ1) is 12.5. The molecule has 1 heterocycles. The van der Waals surface area contributed by atoms with Crippen LogP contribution in [0.15, 0.2) is 12.1 Å². The summed E-state index contributed by atoms with van der Waals surface area (Å²) in [4.78, 5) is 38.0. The van der Waals surface area contributed by atoms with Gasteiger partial charge < -0.3 is 15.2 Å². The molecule has 1 aromatic rings. The largest absolute Gasteiger partial charge is 0.480 e. The molecule has 7 nitrogen and oxygen atoms in total. The lowest BCUT2D eigenvalue weighted by Gasteiger charge is -2.28. The lowest BCUT2D eigenvalue weighted by atomic mass is 10.1. The number of carboxylic acid groups (broad SMARTS) is 1. The Bertz CT molecular complexity index is 776. The Morgan fingerprint density at radius 1 is 1.33 bits per heavy atom. The third-order valence-corrected chi connectivity index (χ3v) is 4.90. The molecule has 27 heavy (non-hydrogen) atoms. The van der Waals surface area contributed by atoms with Gasteiger partial charge in [0.15, 0.2) is 0 Å². The molecule has 0 saturated heterocycles. The zero-order valence-corrected chi connectivity index (χ0v) is 17.0. The smallest absolute Gasteiger partial charge is 0.408 e. The number of fused-ring (bicyclic) bond motifs is 1. The lowest BCUT2D eigenvalue weighted by Crippen LogP contribution is -2.53. The number of aliphatic carboxylic acids is 1. The Morgan fingerprint density at radius 2 is 1.96 bits per heavy atom. The van der Waals surface area contributed by atoms with Gasteiger partial charge in [0.05, 0.1) is 10.0 Å². The SMILES string of the molecule is CC[C@H](NC(=O)OC(C)(C)C)C(=O)N1c2ccc(Cl)c(Cl)c2C[C@H]1C(=O)O. The maximum absolute atomic E-state index is 13.1. The molecule has 1 aromatic carbocycles. The minimum absolute atomic E-state index is 0.0403. The predicted molar refractivity (Wildman–Crippen MR) is 103 cm³/mol. The van der Waals surface area contributed by atoms with Crippen LogP contribution in [0.5, 0.6) is 0 Å². The molecule has 0 bridgehead atoms. The maximum atomic E-state index is 13.1. The lowest BCUT2D eigenvalue weighted by molar-refractivity contribution is -0.140. The summed E-state index contributed by atoms with van der Waals surface area (Å²) in [6, 6.07) is 1.00. The third-order valence-electron chi connectivity index (χ3n) is 4.06. The van der Waals surface area contributed by atoms with E-state index in [1.54, 1.807) is 33.8 Å². The Kier molecular flexibility index (Phi) is 6.27. The zero-order chi connectivity index (χ0) is 20.5. The number of amides is 2. The van der Waals surface area contributed by atoms with E-state index >= 15 is 0 Å². The molecular weight excluding hydrogens is 395 g/mol. The highest BCUT2D eigenvalue weighted by molar-refractivity contribution is 6.43. The molecule has 148 valence electrons. The predicted octanol–water partition coefficient (Wildman–Crippen LogP) is 3.64. The van der Waals surface area contributed by atoms with Gasteiger partial charge in [-0.2, -0.15) is 0 Å². The maximum Gasteiger partial charge on any atom is 0.408 e. The van der Waals surface area contributed by atoms with Crippen molar-refractivity contribution in [3.63, 3.8) is 0 Å². The van der Waals surface area contributed by atoms with E-state index in [4.69, 9.17) is 27.9 Å². The Labute approximate surface area is 167 Å². The Hall–Kier alpha value is -1.99. The number of rotatable bonds is 4. The summed E-state index contributed by atoms with van der Waals surface area (Å²) in [7, 11) is 0. The van der Waals surface area contributed by atoms with E-state index < -0.39 is 35.7 Å². The number of hydrogen-bond donors (Lipinski definition) is 2. The average Bonchev–Trinajstić information content (AvgIpc) is 2.94. The molecule has 0 spiro atoms. The normalized spacial score (nSPS) is 17.3. The van der Waals surface area contributed by atoms with Crippen molar-refractivity contribution in [2.24, 2.45) is 0 Å². The summed E-state index contributed by atoms with van der Waals surface area (Å²) < 4.78 is 5.19.